The first-order chi connectivity index (χ1) is 6.11. The fourth-order valence-electron chi connectivity index (χ4n) is 1.77. The van der Waals surface area contributed by atoms with Crippen molar-refractivity contribution in [2.75, 3.05) is 13.6 Å². The van der Waals surface area contributed by atoms with Crippen LogP contribution in [0.5, 0.6) is 0 Å². The second kappa shape index (κ2) is 4.25. The van der Waals surface area contributed by atoms with Gasteiger partial charge in [0.1, 0.15) is 6.54 Å². The Morgan fingerprint density at radius 2 is 1.92 bits per heavy atom. The highest BCUT2D eigenvalue weighted by molar-refractivity contribution is 5.82. The smallest absolute Gasteiger partial charge is 0.323 e. The highest BCUT2D eigenvalue weighted by Crippen LogP contribution is 2.25. The lowest BCUT2D eigenvalue weighted by Crippen LogP contribution is -2.35. The first-order valence-electron chi connectivity index (χ1n) is 4.58. The van der Waals surface area contributed by atoms with Crippen molar-refractivity contribution in [1.29, 1.82) is 0 Å². The maximum absolute atomic E-state index is 11.5. The Hall–Kier alpha value is -1.06. The second-order valence-corrected chi connectivity index (χ2v) is 3.57. The Balaban J connectivity index is 2.41. The SMILES string of the molecule is CN(CC(=O)O)C(=O)C1CCCC1. The molecule has 0 aromatic heterocycles. The lowest BCUT2D eigenvalue weighted by molar-refractivity contribution is -0.145. The number of carboxylic acid groups (broad SMARTS) is 1. The minimum Gasteiger partial charge on any atom is -0.480 e. The molecular weight excluding hydrogens is 170 g/mol. The quantitative estimate of drug-likeness (QED) is 0.704. The molecule has 0 saturated heterocycles. The van der Waals surface area contributed by atoms with Crippen molar-refractivity contribution in [2.24, 2.45) is 5.92 Å². The Bertz CT molecular complexity index is 209. The molecule has 4 heteroatoms. The van der Waals surface area contributed by atoms with E-state index in [9.17, 15) is 9.59 Å². The molecule has 0 aliphatic heterocycles. The largest absolute Gasteiger partial charge is 0.480 e. The van der Waals surface area contributed by atoms with Crippen LogP contribution >= 0.6 is 0 Å². The van der Waals surface area contributed by atoms with E-state index in [4.69, 9.17) is 5.11 Å². The molecule has 0 aromatic rings. The zero-order chi connectivity index (χ0) is 9.84. The third kappa shape index (κ3) is 2.72. The second-order valence-electron chi connectivity index (χ2n) is 3.57. The number of nitrogens with zero attached hydrogens (tertiary/aromatic N) is 1. The van der Waals surface area contributed by atoms with Crippen molar-refractivity contribution in [3.8, 4) is 0 Å². The van der Waals surface area contributed by atoms with Gasteiger partial charge in [-0.15, -0.1) is 0 Å². The summed E-state index contributed by atoms with van der Waals surface area (Å²) in [5, 5.41) is 8.48. The molecule has 1 fully saturated rings. The van der Waals surface area contributed by atoms with Crippen LogP contribution in [-0.2, 0) is 9.59 Å². The number of likely N-dealkylation sites (N-methyl/N-ethyl adjacent to an activating group) is 1. The predicted molar refractivity (Wildman–Crippen MR) is 47.2 cm³/mol. The minimum absolute atomic E-state index is 0.0140. The van der Waals surface area contributed by atoms with E-state index in [-0.39, 0.29) is 18.4 Å². The topological polar surface area (TPSA) is 57.6 Å². The molecule has 13 heavy (non-hydrogen) atoms. The van der Waals surface area contributed by atoms with Gasteiger partial charge in [-0.1, -0.05) is 12.8 Å². The summed E-state index contributed by atoms with van der Waals surface area (Å²) in [5.74, 6) is -0.891. The molecule has 0 heterocycles. The van der Waals surface area contributed by atoms with Crippen molar-refractivity contribution < 1.29 is 14.7 Å². The maximum Gasteiger partial charge on any atom is 0.323 e. The molecule has 1 aliphatic carbocycles. The van der Waals surface area contributed by atoms with Crippen LogP contribution in [0, 0.1) is 5.92 Å². The van der Waals surface area contributed by atoms with Gasteiger partial charge >= 0.3 is 5.97 Å². The highest BCUT2D eigenvalue weighted by atomic mass is 16.4. The molecule has 1 aliphatic rings. The molecule has 0 radical (unpaired) electrons. The van der Waals surface area contributed by atoms with Crippen molar-refractivity contribution in [3.63, 3.8) is 0 Å². The molecule has 0 unspecified atom stereocenters. The van der Waals surface area contributed by atoms with E-state index < -0.39 is 5.97 Å². The van der Waals surface area contributed by atoms with E-state index in [2.05, 4.69) is 0 Å². The maximum atomic E-state index is 11.5. The zero-order valence-corrected chi connectivity index (χ0v) is 7.82. The van der Waals surface area contributed by atoms with E-state index in [0.717, 1.165) is 25.7 Å². The number of hydrogen-bond donors (Lipinski definition) is 1. The first-order valence-corrected chi connectivity index (χ1v) is 4.58. The lowest BCUT2D eigenvalue weighted by atomic mass is 10.1. The summed E-state index contributed by atoms with van der Waals surface area (Å²) in [6.45, 7) is -0.185. The summed E-state index contributed by atoms with van der Waals surface area (Å²) in [7, 11) is 1.55. The highest BCUT2D eigenvalue weighted by Gasteiger charge is 2.25. The molecule has 1 saturated carbocycles. The Morgan fingerprint density at radius 1 is 1.38 bits per heavy atom. The van der Waals surface area contributed by atoms with Gasteiger partial charge in [0.15, 0.2) is 0 Å². The van der Waals surface area contributed by atoms with Gasteiger partial charge in [0.2, 0.25) is 5.91 Å². The standard InChI is InChI=1S/C9H15NO3/c1-10(6-8(11)12)9(13)7-4-2-3-5-7/h7H,2-6H2,1H3,(H,11,12). The van der Waals surface area contributed by atoms with Crippen molar-refractivity contribution in [3.05, 3.63) is 0 Å². The van der Waals surface area contributed by atoms with Crippen molar-refractivity contribution in [1.82, 2.24) is 4.90 Å². The number of aliphatic carboxylic acids is 1. The van der Waals surface area contributed by atoms with E-state index in [1.807, 2.05) is 0 Å². The number of hydrogen-bond acceptors (Lipinski definition) is 2. The molecule has 0 aromatic carbocycles. The third-order valence-corrected chi connectivity index (χ3v) is 2.45. The molecule has 1 rings (SSSR count). The van der Waals surface area contributed by atoms with Gasteiger partial charge in [0.25, 0.3) is 0 Å². The van der Waals surface area contributed by atoms with Crippen LogP contribution in [0.25, 0.3) is 0 Å². The van der Waals surface area contributed by atoms with Gasteiger partial charge in [-0.25, -0.2) is 0 Å². The van der Waals surface area contributed by atoms with Gasteiger partial charge in [0.05, 0.1) is 0 Å². The molecule has 0 atom stereocenters. The summed E-state index contributed by atoms with van der Waals surface area (Å²) < 4.78 is 0. The van der Waals surface area contributed by atoms with Crippen LogP contribution in [0.4, 0.5) is 0 Å². The minimum atomic E-state index is -0.950. The van der Waals surface area contributed by atoms with Crippen LogP contribution in [0.15, 0.2) is 0 Å². The molecule has 4 nitrogen and oxygen atoms in total. The van der Waals surface area contributed by atoms with Gasteiger partial charge < -0.3 is 10.0 Å². The first kappa shape index (κ1) is 10.0. The normalized spacial score (nSPS) is 17.3. The summed E-state index contributed by atoms with van der Waals surface area (Å²) in [6, 6.07) is 0. The van der Waals surface area contributed by atoms with Gasteiger partial charge in [-0.05, 0) is 12.8 Å². The number of carboxylic acids is 1. The Kier molecular flexibility index (Phi) is 3.28. The number of carbonyl (C=O) groups is 2. The number of amides is 1. The Morgan fingerprint density at radius 3 is 2.38 bits per heavy atom. The molecular formula is C9H15NO3. The fraction of sp³-hybridized carbons (Fsp3) is 0.778. The lowest BCUT2D eigenvalue weighted by Gasteiger charge is -2.18. The van der Waals surface area contributed by atoms with E-state index in [0.29, 0.717) is 0 Å². The average Bonchev–Trinajstić information content (AvgIpc) is 2.53. The van der Waals surface area contributed by atoms with E-state index in [1.54, 1.807) is 7.05 Å². The van der Waals surface area contributed by atoms with E-state index >= 15 is 0 Å². The van der Waals surface area contributed by atoms with Crippen molar-refractivity contribution in [2.45, 2.75) is 25.7 Å². The summed E-state index contributed by atoms with van der Waals surface area (Å²) >= 11 is 0. The van der Waals surface area contributed by atoms with Crippen LogP contribution in [0.3, 0.4) is 0 Å². The van der Waals surface area contributed by atoms with Crippen LogP contribution in [0.1, 0.15) is 25.7 Å². The molecule has 1 N–H and O–H groups in total. The molecule has 1 amide bonds. The number of rotatable bonds is 3. The summed E-state index contributed by atoms with van der Waals surface area (Å²) in [4.78, 5) is 23.2. The van der Waals surface area contributed by atoms with Gasteiger partial charge in [-0.2, -0.15) is 0 Å². The Labute approximate surface area is 77.5 Å². The van der Waals surface area contributed by atoms with Gasteiger partial charge in [0, 0.05) is 13.0 Å². The summed E-state index contributed by atoms with van der Waals surface area (Å²) in [5.41, 5.74) is 0. The summed E-state index contributed by atoms with van der Waals surface area (Å²) in [6.07, 6.45) is 4.03. The van der Waals surface area contributed by atoms with Crippen LogP contribution in [-0.4, -0.2) is 35.5 Å². The van der Waals surface area contributed by atoms with Crippen LogP contribution < -0.4 is 0 Å². The van der Waals surface area contributed by atoms with Gasteiger partial charge in [-0.3, -0.25) is 9.59 Å². The third-order valence-electron chi connectivity index (χ3n) is 2.45. The molecule has 0 bridgehead atoms. The average molecular weight is 185 g/mol. The fourth-order valence-corrected chi connectivity index (χ4v) is 1.77. The predicted octanol–water partition coefficient (Wildman–Crippen LogP) is 0.720. The van der Waals surface area contributed by atoms with Crippen molar-refractivity contribution >= 4 is 11.9 Å². The number of carbonyl (C=O) groups excluding carboxylic acids is 1. The molecule has 74 valence electrons. The zero-order valence-electron chi connectivity index (χ0n) is 7.82. The van der Waals surface area contributed by atoms with E-state index in [1.165, 1.54) is 4.90 Å². The van der Waals surface area contributed by atoms with Crippen LogP contribution in [0.2, 0.25) is 0 Å². The monoisotopic (exact) mass is 185 g/mol. The molecule has 0 spiro atoms.